The first-order valence-electron chi connectivity index (χ1n) is 3.40. The normalized spacial score (nSPS) is 9.56. The molecule has 0 aliphatic heterocycles. The van der Waals surface area contributed by atoms with Crippen LogP contribution in [0.25, 0.3) is 0 Å². The average Bonchev–Trinajstić information content (AvgIpc) is 1.89. The molecule has 0 aromatic rings. The summed E-state index contributed by atoms with van der Waals surface area (Å²) >= 11 is -1.04. The zero-order valence-electron chi connectivity index (χ0n) is 6.14. The molecule has 0 aromatic carbocycles. The van der Waals surface area contributed by atoms with Crippen LogP contribution < -0.4 is 0 Å². The molecule has 0 saturated carbocycles. The Balaban J connectivity index is 2.60. The van der Waals surface area contributed by atoms with E-state index in [1.807, 2.05) is 0 Å². The van der Waals surface area contributed by atoms with Crippen LogP contribution in [0.1, 0.15) is 26.7 Å². The van der Waals surface area contributed by atoms with Crippen molar-refractivity contribution in [1.29, 1.82) is 0 Å². The Hall–Kier alpha value is 0.790. The quantitative estimate of drug-likeness (QED) is 0.549. The Morgan fingerprint density at radius 3 is 1.78 bits per heavy atom. The van der Waals surface area contributed by atoms with Crippen LogP contribution in [0.5, 0.6) is 0 Å². The van der Waals surface area contributed by atoms with Crippen molar-refractivity contribution in [3.63, 3.8) is 0 Å². The van der Waals surface area contributed by atoms with Gasteiger partial charge in [-0.3, -0.25) is 0 Å². The first-order valence-corrected chi connectivity index (χ1v) is 6.33. The van der Waals surface area contributed by atoms with Gasteiger partial charge in [0, 0.05) is 0 Å². The van der Waals surface area contributed by atoms with Crippen molar-refractivity contribution >= 4 is 0 Å². The minimum absolute atomic E-state index is 0.896. The molecule has 0 bridgehead atoms. The first kappa shape index (κ1) is 9.79. The zero-order chi connectivity index (χ0) is 6.95. The molecular formula is C6H14HfO2. The van der Waals surface area contributed by atoms with E-state index in [9.17, 15) is 0 Å². The van der Waals surface area contributed by atoms with E-state index in [4.69, 9.17) is 5.71 Å². The van der Waals surface area contributed by atoms with Crippen LogP contribution in [0.4, 0.5) is 0 Å². The van der Waals surface area contributed by atoms with Gasteiger partial charge in [0.1, 0.15) is 0 Å². The summed E-state index contributed by atoms with van der Waals surface area (Å²) in [6.45, 7) is 6.02. The monoisotopic (exact) mass is 298 g/mol. The summed E-state index contributed by atoms with van der Waals surface area (Å²) in [6, 6.07) is 0. The minimum atomic E-state index is -1.04. The van der Waals surface area contributed by atoms with Gasteiger partial charge in [-0.2, -0.15) is 0 Å². The van der Waals surface area contributed by atoms with E-state index in [0.29, 0.717) is 0 Å². The van der Waals surface area contributed by atoms with E-state index in [-0.39, 0.29) is 0 Å². The van der Waals surface area contributed by atoms with Crippen molar-refractivity contribution in [2.45, 2.75) is 26.7 Å². The predicted octanol–water partition coefficient (Wildman–Crippen LogP) is 1.75. The van der Waals surface area contributed by atoms with Crippen LogP contribution in [0.2, 0.25) is 0 Å². The van der Waals surface area contributed by atoms with Gasteiger partial charge >= 0.3 is 69.4 Å². The first-order chi connectivity index (χ1) is 4.41. The van der Waals surface area contributed by atoms with Gasteiger partial charge in [-0.15, -0.1) is 0 Å². The molecule has 0 rings (SSSR count). The maximum atomic E-state index is 5.26. The van der Waals surface area contributed by atoms with Crippen LogP contribution in [-0.4, -0.2) is 13.2 Å². The van der Waals surface area contributed by atoms with Crippen LogP contribution in [0, 0.1) is 0 Å². The Morgan fingerprint density at radius 1 is 1.00 bits per heavy atom. The fourth-order valence-electron chi connectivity index (χ4n) is 0.329. The Bertz CT molecular complexity index is 44.3. The molecule has 0 atom stereocenters. The van der Waals surface area contributed by atoms with Crippen molar-refractivity contribution in [3.8, 4) is 0 Å². The summed E-state index contributed by atoms with van der Waals surface area (Å²) in [5.74, 6) is 0. The Kier molecular flexibility index (Phi) is 9.56. The summed E-state index contributed by atoms with van der Waals surface area (Å²) in [7, 11) is 0. The van der Waals surface area contributed by atoms with Crippen LogP contribution in [0.3, 0.4) is 0 Å². The second-order valence-electron chi connectivity index (χ2n) is 1.78. The third-order valence-corrected chi connectivity index (χ3v) is 3.04. The molecule has 0 heterocycles. The number of hydrogen-bond donors (Lipinski definition) is 0. The topological polar surface area (TPSA) is 18.5 Å². The number of rotatable bonds is 6. The van der Waals surface area contributed by atoms with Gasteiger partial charge in [-0.1, -0.05) is 0 Å². The van der Waals surface area contributed by atoms with E-state index in [2.05, 4.69) is 13.8 Å². The molecule has 0 aliphatic carbocycles. The van der Waals surface area contributed by atoms with Gasteiger partial charge < -0.3 is 0 Å². The third kappa shape index (κ3) is 8.79. The van der Waals surface area contributed by atoms with Crippen LogP contribution in [-0.2, 0) is 29.5 Å². The molecule has 0 N–H and O–H groups in total. The van der Waals surface area contributed by atoms with Crippen molar-refractivity contribution < 1.29 is 29.5 Å². The zero-order valence-corrected chi connectivity index (χ0v) is 9.74. The van der Waals surface area contributed by atoms with E-state index in [1.165, 1.54) is 0 Å². The van der Waals surface area contributed by atoms with Gasteiger partial charge in [0.15, 0.2) is 0 Å². The van der Waals surface area contributed by atoms with E-state index in [0.717, 1.165) is 26.1 Å². The molecule has 0 unspecified atom stereocenters. The van der Waals surface area contributed by atoms with E-state index >= 15 is 0 Å². The Morgan fingerprint density at radius 2 is 1.44 bits per heavy atom. The van der Waals surface area contributed by atoms with Gasteiger partial charge in [0.25, 0.3) is 0 Å². The molecule has 0 saturated heterocycles. The van der Waals surface area contributed by atoms with E-state index in [1.54, 1.807) is 0 Å². The fraction of sp³-hybridized carbons (Fsp3) is 1.00. The van der Waals surface area contributed by atoms with Gasteiger partial charge in [0.05, 0.1) is 0 Å². The molecule has 0 aromatic heterocycles. The van der Waals surface area contributed by atoms with Crippen LogP contribution >= 0.6 is 0 Å². The molecule has 3 heteroatoms. The molecule has 0 aliphatic rings. The predicted molar refractivity (Wildman–Crippen MR) is 32.5 cm³/mol. The molecular weight excluding hydrogens is 283 g/mol. The maximum absolute atomic E-state index is 5.26. The molecule has 0 spiro atoms. The van der Waals surface area contributed by atoms with Crippen LogP contribution in [0.15, 0.2) is 0 Å². The molecule has 0 fully saturated rings. The van der Waals surface area contributed by atoms with Crippen molar-refractivity contribution in [3.05, 3.63) is 0 Å². The molecule has 9 heavy (non-hydrogen) atoms. The molecule has 0 radical (unpaired) electrons. The summed E-state index contributed by atoms with van der Waals surface area (Å²) in [5.41, 5.74) is 0. The van der Waals surface area contributed by atoms with Gasteiger partial charge in [-0.05, 0) is 0 Å². The van der Waals surface area contributed by atoms with Crippen molar-refractivity contribution in [1.82, 2.24) is 0 Å². The molecule has 2 nitrogen and oxygen atoms in total. The number of hydrogen-bond acceptors (Lipinski definition) is 2. The van der Waals surface area contributed by atoms with E-state index < -0.39 is 23.8 Å². The Labute approximate surface area is 69.5 Å². The van der Waals surface area contributed by atoms with Crippen molar-refractivity contribution in [2.75, 3.05) is 13.2 Å². The molecule has 54 valence electrons. The summed E-state index contributed by atoms with van der Waals surface area (Å²) in [6.07, 6.45) is 2.23. The van der Waals surface area contributed by atoms with Gasteiger partial charge in [-0.25, -0.2) is 0 Å². The summed E-state index contributed by atoms with van der Waals surface area (Å²) < 4.78 is 10.5. The second-order valence-corrected chi connectivity index (χ2v) is 4.45. The second kappa shape index (κ2) is 8.79. The summed E-state index contributed by atoms with van der Waals surface area (Å²) in [4.78, 5) is 0. The fourth-order valence-corrected chi connectivity index (χ4v) is 2.69. The standard InChI is InChI=1S/2C3H7O.Hf/c2*1-2-3-4;/h2*2-3H2,1H3;/q2*-1;+2. The summed E-state index contributed by atoms with van der Waals surface area (Å²) in [5, 5.41) is 0. The van der Waals surface area contributed by atoms with Crippen molar-refractivity contribution in [2.24, 2.45) is 0 Å². The van der Waals surface area contributed by atoms with Gasteiger partial charge in [0.2, 0.25) is 0 Å². The average molecular weight is 297 g/mol. The SMILES string of the molecule is CCC[O][Hf][O]CCC. The third-order valence-electron chi connectivity index (χ3n) is 0.730. The molecule has 0 amide bonds.